The van der Waals surface area contributed by atoms with E-state index in [1.165, 1.54) is 0 Å². The lowest BCUT2D eigenvalue weighted by molar-refractivity contribution is -0.210. The first-order chi connectivity index (χ1) is 11.2. The Labute approximate surface area is 146 Å². The number of ketones is 1. The van der Waals surface area contributed by atoms with Gasteiger partial charge in [0, 0.05) is 11.3 Å². The van der Waals surface area contributed by atoms with E-state index in [-0.39, 0.29) is 28.6 Å². The van der Waals surface area contributed by atoms with Crippen molar-refractivity contribution in [2.45, 2.75) is 90.3 Å². The van der Waals surface area contributed by atoms with Gasteiger partial charge in [-0.3, -0.25) is 4.79 Å². The molecular weight excluding hydrogens is 300 g/mol. The fourth-order valence-corrected chi connectivity index (χ4v) is 7.85. The fraction of sp³-hybridized carbons (Fsp3) is 0.952. The third kappa shape index (κ3) is 2.00. The zero-order chi connectivity index (χ0) is 17.3. The summed E-state index contributed by atoms with van der Waals surface area (Å²) in [6.45, 7) is 6.35. The van der Waals surface area contributed by atoms with Crippen LogP contribution in [0.3, 0.4) is 0 Å². The molecule has 0 spiro atoms. The van der Waals surface area contributed by atoms with Gasteiger partial charge < -0.3 is 10.2 Å². The van der Waals surface area contributed by atoms with Crippen LogP contribution in [0.15, 0.2) is 0 Å². The van der Waals surface area contributed by atoms with Gasteiger partial charge in [-0.15, -0.1) is 0 Å². The second kappa shape index (κ2) is 5.30. The molecule has 0 aromatic rings. The van der Waals surface area contributed by atoms with Gasteiger partial charge in [0.15, 0.2) is 0 Å². The SMILES string of the molecule is CC(=O)[C@H]1CC[C@@]2(O)[C@@H]3CC[C@@H]4C[C@@H](O)CC[C@]4(C)[C@H]3CC[C@]12C. The van der Waals surface area contributed by atoms with Gasteiger partial charge in [0.2, 0.25) is 0 Å². The average Bonchev–Trinajstić information content (AvgIpc) is 2.80. The Bertz CT molecular complexity index is 545. The maximum Gasteiger partial charge on any atom is 0.133 e. The smallest absolute Gasteiger partial charge is 0.133 e. The van der Waals surface area contributed by atoms with Crippen molar-refractivity contribution in [3.05, 3.63) is 0 Å². The van der Waals surface area contributed by atoms with E-state index in [0.29, 0.717) is 17.8 Å². The summed E-state index contributed by atoms with van der Waals surface area (Å²) in [5.74, 6) is 1.83. The van der Waals surface area contributed by atoms with Crippen LogP contribution in [0.4, 0.5) is 0 Å². The first-order valence-corrected chi connectivity index (χ1v) is 10.1. The number of fused-ring (bicyclic) bond motifs is 5. The molecule has 4 fully saturated rings. The Morgan fingerprint density at radius 2 is 1.71 bits per heavy atom. The molecule has 8 atom stereocenters. The van der Waals surface area contributed by atoms with Gasteiger partial charge in [-0.2, -0.15) is 0 Å². The van der Waals surface area contributed by atoms with Crippen LogP contribution in [0.25, 0.3) is 0 Å². The predicted molar refractivity (Wildman–Crippen MR) is 93.4 cm³/mol. The molecule has 3 nitrogen and oxygen atoms in total. The number of hydrogen-bond donors (Lipinski definition) is 2. The number of rotatable bonds is 1. The first-order valence-electron chi connectivity index (χ1n) is 10.1. The molecule has 0 amide bonds. The summed E-state index contributed by atoms with van der Waals surface area (Å²) < 4.78 is 0. The second-order valence-electron chi connectivity index (χ2n) is 10.0. The van der Waals surface area contributed by atoms with Gasteiger partial charge in [-0.25, -0.2) is 0 Å². The van der Waals surface area contributed by atoms with Crippen LogP contribution in [-0.4, -0.2) is 27.7 Å². The number of aliphatic hydroxyl groups excluding tert-OH is 1. The van der Waals surface area contributed by atoms with E-state index in [4.69, 9.17) is 0 Å². The summed E-state index contributed by atoms with van der Waals surface area (Å²) in [5, 5.41) is 21.9. The van der Waals surface area contributed by atoms with Crippen LogP contribution >= 0.6 is 0 Å². The van der Waals surface area contributed by atoms with Crippen molar-refractivity contribution in [2.24, 2.45) is 34.5 Å². The molecule has 136 valence electrons. The first kappa shape index (κ1) is 17.0. The molecule has 4 aliphatic carbocycles. The largest absolute Gasteiger partial charge is 0.393 e. The third-order valence-electron chi connectivity index (χ3n) is 9.32. The summed E-state index contributed by atoms with van der Waals surface area (Å²) in [6.07, 6.45) is 8.87. The molecule has 0 unspecified atom stereocenters. The minimum absolute atomic E-state index is 0.0437. The van der Waals surface area contributed by atoms with Crippen LogP contribution in [-0.2, 0) is 4.79 Å². The molecule has 4 saturated carbocycles. The molecule has 0 bridgehead atoms. The van der Waals surface area contributed by atoms with Crippen LogP contribution in [0.1, 0.15) is 78.6 Å². The summed E-state index contributed by atoms with van der Waals surface area (Å²) >= 11 is 0. The lowest BCUT2D eigenvalue weighted by Gasteiger charge is -2.63. The molecule has 0 aromatic carbocycles. The van der Waals surface area contributed by atoms with E-state index in [2.05, 4.69) is 13.8 Å². The molecule has 2 N–H and O–H groups in total. The number of Topliss-reactive ketones (excluding diaryl/α,β-unsaturated/α-hetero) is 1. The van der Waals surface area contributed by atoms with Crippen LogP contribution < -0.4 is 0 Å². The minimum Gasteiger partial charge on any atom is -0.393 e. The zero-order valence-corrected chi connectivity index (χ0v) is 15.6. The molecule has 0 aromatic heterocycles. The van der Waals surface area contributed by atoms with E-state index in [1.807, 2.05) is 0 Å². The topological polar surface area (TPSA) is 57.5 Å². The maximum absolute atomic E-state index is 12.2. The monoisotopic (exact) mass is 334 g/mol. The Hall–Kier alpha value is -0.410. The molecule has 4 rings (SSSR count). The Balaban J connectivity index is 1.68. The van der Waals surface area contributed by atoms with Crippen molar-refractivity contribution in [3.8, 4) is 0 Å². The van der Waals surface area contributed by atoms with Crippen LogP contribution in [0.5, 0.6) is 0 Å². The van der Waals surface area contributed by atoms with E-state index in [1.54, 1.807) is 6.92 Å². The van der Waals surface area contributed by atoms with E-state index in [9.17, 15) is 15.0 Å². The number of aliphatic hydroxyl groups is 2. The normalized spacial score (nSPS) is 57.0. The highest BCUT2D eigenvalue weighted by atomic mass is 16.3. The van der Waals surface area contributed by atoms with Crippen molar-refractivity contribution in [2.75, 3.05) is 0 Å². The second-order valence-corrected chi connectivity index (χ2v) is 10.0. The van der Waals surface area contributed by atoms with Gasteiger partial charge >= 0.3 is 0 Å². The highest BCUT2D eigenvalue weighted by Crippen LogP contribution is 2.69. The van der Waals surface area contributed by atoms with E-state index < -0.39 is 5.60 Å². The minimum atomic E-state index is -0.656. The van der Waals surface area contributed by atoms with Gasteiger partial charge in [0.05, 0.1) is 11.7 Å². The van der Waals surface area contributed by atoms with E-state index in [0.717, 1.165) is 57.8 Å². The number of hydrogen-bond acceptors (Lipinski definition) is 3. The van der Waals surface area contributed by atoms with Gasteiger partial charge in [-0.05, 0) is 87.9 Å². The van der Waals surface area contributed by atoms with Crippen molar-refractivity contribution in [1.29, 1.82) is 0 Å². The van der Waals surface area contributed by atoms with Crippen molar-refractivity contribution >= 4 is 5.78 Å². The molecule has 0 aliphatic heterocycles. The van der Waals surface area contributed by atoms with E-state index >= 15 is 0 Å². The molecule has 4 aliphatic rings. The lowest BCUT2D eigenvalue weighted by Crippen LogP contribution is -2.62. The lowest BCUT2D eigenvalue weighted by atomic mass is 9.43. The summed E-state index contributed by atoms with van der Waals surface area (Å²) in [4.78, 5) is 12.2. The average molecular weight is 335 g/mol. The summed E-state index contributed by atoms with van der Waals surface area (Å²) in [6, 6.07) is 0. The Morgan fingerprint density at radius 3 is 2.42 bits per heavy atom. The standard InChI is InChI=1S/C21H34O3/c1-13(22)16-8-11-21(24)18-5-4-14-12-15(23)6-9-19(14,2)17(18)7-10-20(16,21)3/h14-18,23-24H,4-12H2,1-3H3/t14-,15+,16-,17+,18-,19+,20-,21-/m1/s1. The molecule has 24 heavy (non-hydrogen) atoms. The van der Waals surface area contributed by atoms with Crippen molar-refractivity contribution in [1.82, 2.24) is 0 Å². The Kier molecular flexibility index (Phi) is 3.76. The number of carbonyl (C=O) groups excluding carboxylic acids is 1. The highest BCUT2D eigenvalue weighted by molar-refractivity contribution is 5.80. The van der Waals surface area contributed by atoms with Crippen LogP contribution in [0, 0.1) is 34.5 Å². The highest BCUT2D eigenvalue weighted by Gasteiger charge is 2.67. The third-order valence-corrected chi connectivity index (χ3v) is 9.32. The van der Waals surface area contributed by atoms with Crippen LogP contribution in [0.2, 0.25) is 0 Å². The molecule has 0 saturated heterocycles. The number of carbonyl (C=O) groups is 1. The van der Waals surface area contributed by atoms with Crippen molar-refractivity contribution < 1.29 is 15.0 Å². The summed E-state index contributed by atoms with van der Waals surface area (Å²) in [5.41, 5.74) is -0.610. The molecule has 3 heteroatoms. The molecular formula is C21H34O3. The molecule has 0 radical (unpaired) electrons. The Morgan fingerprint density at radius 1 is 0.958 bits per heavy atom. The van der Waals surface area contributed by atoms with Gasteiger partial charge in [-0.1, -0.05) is 13.8 Å². The maximum atomic E-state index is 12.2. The predicted octanol–water partition coefficient (Wildman–Crippen LogP) is 3.71. The molecule has 0 heterocycles. The van der Waals surface area contributed by atoms with Crippen molar-refractivity contribution in [3.63, 3.8) is 0 Å². The van der Waals surface area contributed by atoms with Gasteiger partial charge in [0.1, 0.15) is 5.78 Å². The summed E-state index contributed by atoms with van der Waals surface area (Å²) in [7, 11) is 0. The zero-order valence-electron chi connectivity index (χ0n) is 15.6. The quantitative estimate of drug-likeness (QED) is 0.768. The van der Waals surface area contributed by atoms with Gasteiger partial charge in [0.25, 0.3) is 0 Å². The fourth-order valence-electron chi connectivity index (χ4n) is 7.85.